The largest absolute Gasteiger partial charge is 0.457 e. The van der Waals surface area contributed by atoms with Gasteiger partial charge in [0.1, 0.15) is 0 Å². The molecule has 0 fully saturated rings. The van der Waals surface area contributed by atoms with Gasteiger partial charge in [-0.1, -0.05) is 0 Å². The fourth-order valence-electron chi connectivity index (χ4n) is 1.56. The molecule has 0 aliphatic carbocycles. The normalized spacial score (nSPS) is 12.0. The van der Waals surface area contributed by atoms with Gasteiger partial charge in [0, 0.05) is 18.5 Å². The van der Waals surface area contributed by atoms with E-state index in [-0.39, 0.29) is 5.54 Å². The van der Waals surface area contributed by atoms with Crippen LogP contribution < -0.4 is 5.32 Å². The van der Waals surface area contributed by atoms with Crippen molar-refractivity contribution in [1.82, 2.24) is 10.3 Å². The van der Waals surface area contributed by atoms with E-state index < -0.39 is 0 Å². The van der Waals surface area contributed by atoms with E-state index in [0.29, 0.717) is 4.67 Å². The number of hydrogen-bond donors (Lipinski definition) is 1. The molecule has 0 amide bonds. The Kier molecular flexibility index (Phi) is 3.92. The molecule has 2 heterocycles. The van der Waals surface area contributed by atoms with Gasteiger partial charge in [0.05, 0.1) is 18.0 Å². The molecule has 18 heavy (non-hydrogen) atoms. The maximum absolute atomic E-state index is 5.68. The van der Waals surface area contributed by atoms with E-state index in [1.54, 1.807) is 12.5 Å². The van der Waals surface area contributed by atoms with Crippen LogP contribution in [0.2, 0.25) is 0 Å². The monoisotopic (exact) mass is 312 g/mol. The molecular formula is C13H17BrN2O2. The Labute approximate surface area is 115 Å². The van der Waals surface area contributed by atoms with Crippen LogP contribution in [0.25, 0.3) is 11.3 Å². The highest BCUT2D eigenvalue weighted by Gasteiger charge is 2.13. The first-order valence-corrected chi connectivity index (χ1v) is 6.68. The fraction of sp³-hybridized carbons (Fsp3) is 0.462. The number of rotatable bonds is 4. The number of aromatic nitrogens is 1. The predicted octanol–water partition coefficient (Wildman–Crippen LogP) is 3.63. The van der Waals surface area contributed by atoms with E-state index in [1.807, 2.05) is 6.07 Å². The van der Waals surface area contributed by atoms with Crippen LogP contribution in [-0.4, -0.2) is 17.1 Å². The summed E-state index contributed by atoms with van der Waals surface area (Å²) < 4.78 is 11.5. The molecule has 0 aliphatic heterocycles. The molecular weight excluding hydrogens is 296 g/mol. The number of halogens is 1. The van der Waals surface area contributed by atoms with Crippen molar-refractivity contribution in [2.75, 3.05) is 6.54 Å². The van der Waals surface area contributed by atoms with Gasteiger partial charge in [0.2, 0.25) is 0 Å². The van der Waals surface area contributed by atoms with Crippen LogP contribution in [0.4, 0.5) is 0 Å². The fourth-order valence-corrected chi connectivity index (χ4v) is 2.00. The zero-order valence-electron chi connectivity index (χ0n) is 10.8. The van der Waals surface area contributed by atoms with Gasteiger partial charge in [-0.25, -0.2) is 4.98 Å². The molecule has 0 aromatic carbocycles. The van der Waals surface area contributed by atoms with E-state index >= 15 is 0 Å². The zero-order valence-corrected chi connectivity index (χ0v) is 12.4. The van der Waals surface area contributed by atoms with Gasteiger partial charge < -0.3 is 14.2 Å². The Balaban J connectivity index is 1.97. The molecule has 2 aromatic rings. The molecule has 98 valence electrons. The van der Waals surface area contributed by atoms with E-state index in [0.717, 1.165) is 30.2 Å². The molecule has 2 aromatic heterocycles. The molecule has 0 atom stereocenters. The first-order chi connectivity index (χ1) is 8.46. The Morgan fingerprint density at radius 2 is 2.17 bits per heavy atom. The van der Waals surface area contributed by atoms with Crippen LogP contribution in [0.15, 0.2) is 32.0 Å². The minimum absolute atomic E-state index is 0.114. The summed E-state index contributed by atoms with van der Waals surface area (Å²) >= 11 is 3.32. The van der Waals surface area contributed by atoms with Crippen molar-refractivity contribution in [3.8, 4) is 11.3 Å². The van der Waals surface area contributed by atoms with Gasteiger partial charge in [-0.2, -0.15) is 0 Å². The summed E-state index contributed by atoms with van der Waals surface area (Å²) in [6.07, 6.45) is 4.11. The second kappa shape index (κ2) is 5.28. The second-order valence-electron chi connectivity index (χ2n) is 5.15. The summed E-state index contributed by atoms with van der Waals surface area (Å²) in [4.78, 5) is 4.26. The average Bonchev–Trinajstić information content (AvgIpc) is 2.84. The number of nitrogens with zero attached hydrogens (tertiary/aromatic N) is 1. The number of nitrogens with one attached hydrogen (secondary N) is 1. The summed E-state index contributed by atoms with van der Waals surface area (Å²) in [6.45, 7) is 7.25. The molecule has 1 N–H and O–H groups in total. The van der Waals surface area contributed by atoms with Crippen LogP contribution >= 0.6 is 15.9 Å². The number of furan rings is 1. The third-order valence-corrected chi connectivity index (χ3v) is 3.05. The van der Waals surface area contributed by atoms with Gasteiger partial charge in [-0.05, 0) is 42.8 Å². The highest BCUT2D eigenvalue weighted by atomic mass is 79.9. The molecule has 0 radical (unpaired) electrons. The molecule has 0 spiro atoms. The lowest BCUT2D eigenvalue weighted by molar-refractivity contribution is 0.411. The lowest BCUT2D eigenvalue weighted by Gasteiger charge is -2.19. The van der Waals surface area contributed by atoms with E-state index in [9.17, 15) is 0 Å². The van der Waals surface area contributed by atoms with Crippen LogP contribution in [0.3, 0.4) is 0 Å². The quantitative estimate of drug-likeness (QED) is 0.936. The summed E-state index contributed by atoms with van der Waals surface area (Å²) in [5, 5.41) is 3.40. The lowest BCUT2D eigenvalue weighted by Crippen LogP contribution is -2.37. The van der Waals surface area contributed by atoms with Crippen molar-refractivity contribution in [3.63, 3.8) is 0 Å². The summed E-state index contributed by atoms with van der Waals surface area (Å²) in [5.74, 6) is 1.45. The topological polar surface area (TPSA) is 51.2 Å². The van der Waals surface area contributed by atoms with Crippen molar-refractivity contribution < 1.29 is 8.83 Å². The average molecular weight is 313 g/mol. The molecule has 0 aliphatic rings. The molecule has 0 saturated carbocycles. The van der Waals surface area contributed by atoms with E-state index in [1.165, 1.54) is 0 Å². The number of oxazole rings is 1. The standard InChI is InChI=1S/C13H17BrN2O2/c1-13(2,3)16-6-4-11-15-8-10(18-11)9-5-7-17-12(9)14/h5,7-8,16H,4,6H2,1-3H3. The Hall–Kier alpha value is -1.07. The number of hydrogen-bond acceptors (Lipinski definition) is 4. The van der Waals surface area contributed by atoms with Gasteiger partial charge in [0.25, 0.3) is 0 Å². The Morgan fingerprint density at radius 3 is 2.78 bits per heavy atom. The third kappa shape index (κ3) is 3.46. The summed E-state index contributed by atoms with van der Waals surface area (Å²) in [7, 11) is 0. The van der Waals surface area contributed by atoms with Crippen LogP contribution in [0.1, 0.15) is 26.7 Å². The smallest absolute Gasteiger partial charge is 0.196 e. The van der Waals surface area contributed by atoms with E-state index in [4.69, 9.17) is 8.83 Å². The maximum Gasteiger partial charge on any atom is 0.196 e. The molecule has 0 bridgehead atoms. The van der Waals surface area contributed by atoms with Crippen molar-refractivity contribution >= 4 is 15.9 Å². The van der Waals surface area contributed by atoms with Gasteiger partial charge >= 0.3 is 0 Å². The molecule has 4 nitrogen and oxygen atoms in total. The Bertz CT molecular complexity index is 511. The molecule has 2 rings (SSSR count). The van der Waals surface area contributed by atoms with Crippen LogP contribution in [0, 0.1) is 0 Å². The van der Waals surface area contributed by atoms with Gasteiger partial charge in [-0.15, -0.1) is 0 Å². The Morgan fingerprint density at radius 1 is 1.39 bits per heavy atom. The lowest BCUT2D eigenvalue weighted by atomic mass is 10.1. The van der Waals surface area contributed by atoms with E-state index in [2.05, 4.69) is 47.0 Å². The molecule has 5 heteroatoms. The van der Waals surface area contributed by atoms with Crippen molar-refractivity contribution in [3.05, 3.63) is 29.1 Å². The minimum Gasteiger partial charge on any atom is -0.457 e. The molecule has 0 unspecified atom stereocenters. The zero-order chi connectivity index (χ0) is 13.2. The third-order valence-electron chi connectivity index (χ3n) is 2.43. The van der Waals surface area contributed by atoms with Crippen molar-refractivity contribution in [2.24, 2.45) is 0 Å². The first-order valence-electron chi connectivity index (χ1n) is 5.89. The van der Waals surface area contributed by atoms with Gasteiger partial charge in [0.15, 0.2) is 16.3 Å². The predicted molar refractivity (Wildman–Crippen MR) is 73.4 cm³/mol. The minimum atomic E-state index is 0.114. The van der Waals surface area contributed by atoms with Crippen LogP contribution in [-0.2, 0) is 6.42 Å². The SMILES string of the molecule is CC(C)(C)NCCc1ncc(-c2ccoc2Br)o1. The summed E-state index contributed by atoms with van der Waals surface area (Å²) in [5.41, 5.74) is 1.00. The van der Waals surface area contributed by atoms with Crippen molar-refractivity contribution in [2.45, 2.75) is 32.7 Å². The van der Waals surface area contributed by atoms with Gasteiger partial charge in [-0.3, -0.25) is 0 Å². The summed E-state index contributed by atoms with van der Waals surface area (Å²) in [6, 6.07) is 1.85. The van der Waals surface area contributed by atoms with Crippen LogP contribution in [0.5, 0.6) is 0 Å². The maximum atomic E-state index is 5.68. The molecule has 0 saturated heterocycles. The highest BCUT2D eigenvalue weighted by molar-refractivity contribution is 9.10. The second-order valence-corrected chi connectivity index (χ2v) is 5.87. The van der Waals surface area contributed by atoms with Crippen molar-refractivity contribution in [1.29, 1.82) is 0 Å². The highest BCUT2D eigenvalue weighted by Crippen LogP contribution is 2.29. The first kappa shape index (κ1) is 13.4.